The van der Waals surface area contributed by atoms with Crippen molar-refractivity contribution in [1.29, 1.82) is 0 Å². The van der Waals surface area contributed by atoms with Crippen molar-refractivity contribution in [1.82, 2.24) is 0 Å². The third kappa shape index (κ3) is 5.02. The van der Waals surface area contributed by atoms with E-state index < -0.39 is 0 Å². The van der Waals surface area contributed by atoms with Crippen LogP contribution in [-0.2, 0) is 0 Å². The van der Waals surface area contributed by atoms with Gasteiger partial charge in [-0.1, -0.05) is 145 Å². The lowest BCUT2D eigenvalue weighted by molar-refractivity contribution is 1.28. The molecule has 0 heterocycles. The van der Waals surface area contributed by atoms with Gasteiger partial charge in [0.25, 0.3) is 0 Å². The van der Waals surface area contributed by atoms with E-state index in [0.29, 0.717) is 0 Å². The van der Waals surface area contributed by atoms with Crippen LogP contribution in [0.3, 0.4) is 0 Å². The molecule has 8 rings (SSSR count). The molecule has 0 aliphatic carbocycles. The molecule has 0 spiro atoms. The summed E-state index contributed by atoms with van der Waals surface area (Å²) in [4.78, 5) is 2.30. The van der Waals surface area contributed by atoms with Crippen molar-refractivity contribution >= 4 is 38.6 Å². The second-order valence-corrected chi connectivity index (χ2v) is 11.8. The molecule has 0 amide bonds. The number of nitrogens with zero attached hydrogens (tertiary/aromatic N) is 1. The van der Waals surface area contributed by atoms with E-state index in [2.05, 4.69) is 194 Å². The molecule has 0 saturated carbocycles. The first kappa shape index (κ1) is 27.6. The van der Waals surface area contributed by atoms with Crippen molar-refractivity contribution < 1.29 is 0 Å². The fourth-order valence-electron chi connectivity index (χ4n) is 6.81. The predicted molar refractivity (Wildman–Crippen MR) is 197 cm³/mol. The van der Waals surface area contributed by atoms with Crippen LogP contribution in [0.25, 0.3) is 54.9 Å². The van der Waals surface area contributed by atoms with Crippen LogP contribution in [0, 0.1) is 6.92 Å². The number of benzene rings is 8. The van der Waals surface area contributed by atoms with Crippen LogP contribution in [-0.4, -0.2) is 0 Å². The van der Waals surface area contributed by atoms with Crippen LogP contribution in [0.5, 0.6) is 0 Å². The number of anilines is 3. The van der Waals surface area contributed by atoms with Gasteiger partial charge in [0.05, 0.1) is 0 Å². The maximum absolute atomic E-state index is 2.35. The number of aryl methyl sites for hydroxylation is 1. The van der Waals surface area contributed by atoms with Gasteiger partial charge in [0, 0.05) is 17.1 Å². The standard InChI is InChI=1S/C45H33N/c1-32-14-12-16-35(30-32)44-40-22-8-10-24-42(40)45(43-25-11-9-23-41(43)44)36-17-13-15-34(31-36)33-26-28-39(29-27-33)46(37-18-4-2-5-19-37)38-20-6-3-7-21-38/h2-31H,1H3. The normalized spacial score (nSPS) is 11.2. The first-order chi connectivity index (χ1) is 22.7. The van der Waals surface area contributed by atoms with Crippen LogP contribution in [0.1, 0.15) is 5.56 Å². The Hall–Kier alpha value is -5.92. The summed E-state index contributed by atoms with van der Waals surface area (Å²) in [5.41, 5.74) is 12.1. The lowest BCUT2D eigenvalue weighted by Crippen LogP contribution is -2.09. The second-order valence-electron chi connectivity index (χ2n) is 11.8. The molecule has 0 aliphatic heterocycles. The van der Waals surface area contributed by atoms with Crippen molar-refractivity contribution in [2.45, 2.75) is 6.92 Å². The van der Waals surface area contributed by atoms with Crippen molar-refractivity contribution in [2.24, 2.45) is 0 Å². The third-order valence-electron chi connectivity index (χ3n) is 8.88. The lowest BCUT2D eigenvalue weighted by Gasteiger charge is -2.25. The highest BCUT2D eigenvalue weighted by Crippen LogP contribution is 2.44. The summed E-state index contributed by atoms with van der Waals surface area (Å²) >= 11 is 0. The van der Waals surface area contributed by atoms with E-state index in [9.17, 15) is 0 Å². The summed E-state index contributed by atoms with van der Waals surface area (Å²) in [5.74, 6) is 0. The molecular weight excluding hydrogens is 555 g/mol. The Bertz CT molecular complexity index is 2210. The summed E-state index contributed by atoms with van der Waals surface area (Å²) < 4.78 is 0. The predicted octanol–water partition coefficient (Wildman–Crippen LogP) is 12.8. The summed E-state index contributed by atoms with van der Waals surface area (Å²) in [6.45, 7) is 2.17. The summed E-state index contributed by atoms with van der Waals surface area (Å²) in [5, 5.41) is 5.09. The van der Waals surface area contributed by atoms with Gasteiger partial charge in [-0.05, 0) is 104 Å². The molecule has 0 bridgehead atoms. The molecule has 8 aromatic carbocycles. The van der Waals surface area contributed by atoms with E-state index in [1.165, 1.54) is 60.5 Å². The van der Waals surface area contributed by atoms with Gasteiger partial charge in [-0.25, -0.2) is 0 Å². The zero-order valence-electron chi connectivity index (χ0n) is 25.8. The Morgan fingerprint density at radius 2 is 0.717 bits per heavy atom. The van der Waals surface area contributed by atoms with E-state index in [1.807, 2.05) is 0 Å². The lowest BCUT2D eigenvalue weighted by atomic mass is 9.85. The molecule has 8 aromatic rings. The van der Waals surface area contributed by atoms with Gasteiger partial charge in [0.2, 0.25) is 0 Å². The smallest absolute Gasteiger partial charge is 0.0462 e. The van der Waals surface area contributed by atoms with Crippen LogP contribution < -0.4 is 4.90 Å². The van der Waals surface area contributed by atoms with Crippen molar-refractivity contribution in [3.63, 3.8) is 0 Å². The first-order valence-electron chi connectivity index (χ1n) is 15.9. The average Bonchev–Trinajstić information content (AvgIpc) is 3.12. The highest BCUT2D eigenvalue weighted by molar-refractivity contribution is 6.21. The molecule has 0 radical (unpaired) electrons. The monoisotopic (exact) mass is 587 g/mol. The van der Waals surface area contributed by atoms with E-state index in [1.54, 1.807) is 0 Å². The zero-order chi connectivity index (χ0) is 30.9. The molecule has 0 N–H and O–H groups in total. The van der Waals surface area contributed by atoms with E-state index >= 15 is 0 Å². The van der Waals surface area contributed by atoms with E-state index in [4.69, 9.17) is 0 Å². The van der Waals surface area contributed by atoms with Gasteiger partial charge in [-0.15, -0.1) is 0 Å². The van der Waals surface area contributed by atoms with Gasteiger partial charge in [-0.2, -0.15) is 0 Å². The number of hydrogen-bond donors (Lipinski definition) is 0. The topological polar surface area (TPSA) is 3.24 Å². The molecule has 1 heteroatoms. The highest BCUT2D eigenvalue weighted by atomic mass is 15.1. The van der Waals surface area contributed by atoms with Gasteiger partial charge in [0.15, 0.2) is 0 Å². The highest BCUT2D eigenvalue weighted by Gasteiger charge is 2.17. The Kier molecular flexibility index (Phi) is 7.13. The quantitative estimate of drug-likeness (QED) is 0.175. The Balaban J connectivity index is 1.25. The molecule has 0 aliphatic rings. The van der Waals surface area contributed by atoms with Crippen LogP contribution in [0.15, 0.2) is 182 Å². The minimum atomic E-state index is 1.13. The van der Waals surface area contributed by atoms with E-state index in [-0.39, 0.29) is 0 Å². The Labute approximate surface area is 270 Å². The maximum atomic E-state index is 2.35. The van der Waals surface area contributed by atoms with E-state index in [0.717, 1.165) is 17.1 Å². The van der Waals surface area contributed by atoms with Crippen LogP contribution >= 0.6 is 0 Å². The molecule has 0 aromatic heterocycles. The molecule has 46 heavy (non-hydrogen) atoms. The SMILES string of the molecule is Cc1cccc(-c2c3ccccc3c(-c3cccc(-c4ccc(N(c5ccccc5)c5ccccc5)cc4)c3)c3ccccc23)c1. The molecular formula is C45H33N. The van der Waals surface area contributed by atoms with Gasteiger partial charge in [-0.3, -0.25) is 0 Å². The van der Waals surface area contributed by atoms with Gasteiger partial charge < -0.3 is 4.90 Å². The largest absolute Gasteiger partial charge is 0.311 e. The molecule has 0 unspecified atom stereocenters. The minimum absolute atomic E-state index is 1.13. The minimum Gasteiger partial charge on any atom is -0.311 e. The van der Waals surface area contributed by atoms with Crippen molar-refractivity contribution in [3.05, 3.63) is 188 Å². The Morgan fingerprint density at radius 3 is 1.22 bits per heavy atom. The molecule has 0 atom stereocenters. The molecule has 0 saturated heterocycles. The fraction of sp³-hybridized carbons (Fsp3) is 0.0222. The van der Waals surface area contributed by atoms with Gasteiger partial charge >= 0.3 is 0 Å². The fourth-order valence-corrected chi connectivity index (χ4v) is 6.81. The number of hydrogen-bond acceptors (Lipinski definition) is 1. The number of rotatable bonds is 6. The van der Waals surface area contributed by atoms with Crippen LogP contribution in [0.4, 0.5) is 17.1 Å². The van der Waals surface area contributed by atoms with Crippen LogP contribution in [0.2, 0.25) is 0 Å². The maximum Gasteiger partial charge on any atom is 0.0462 e. The van der Waals surface area contributed by atoms with Crippen molar-refractivity contribution in [2.75, 3.05) is 4.90 Å². The zero-order valence-corrected chi connectivity index (χ0v) is 25.8. The number of para-hydroxylation sites is 2. The second kappa shape index (κ2) is 11.9. The molecule has 0 fully saturated rings. The van der Waals surface area contributed by atoms with Gasteiger partial charge in [0.1, 0.15) is 0 Å². The molecule has 1 nitrogen and oxygen atoms in total. The summed E-state index contributed by atoms with van der Waals surface area (Å²) in [6.07, 6.45) is 0. The first-order valence-corrected chi connectivity index (χ1v) is 15.9. The molecule has 218 valence electrons. The summed E-state index contributed by atoms with van der Waals surface area (Å²) in [7, 11) is 0. The third-order valence-corrected chi connectivity index (χ3v) is 8.88. The Morgan fingerprint density at radius 1 is 0.304 bits per heavy atom. The summed E-state index contributed by atoms with van der Waals surface area (Å²) in [6, 6.07) is 65.7. The number of fused-ring (bicyclic) bond motifs is 2. The average molecular weight is 588 g/mol. The van der Waals surface area contributed by atoms with Crippen molar-refractivity contribution in [3.8, 4) is 33.4 Å².